The summed E-state index contributed by atoms with van der Waals surface area (Å²) < 4.78 is 13.3. The number of carbonyl (C=O) groups is 2. The number of nitrogens with zero attached hydrogens (tertiary/aromatic N) is 2. The molecule has 0 spiro atoms. The van der Waals surface area contributed by atoms with Crippen LogP contribution in [0.4, 0.5) is 4.39 Å². The Bertz CT molecular complexity index is 596. The maximum Gasteiger partial charge on any atom is 0.250 e. The number of rotatable bonds is 5. The summed E-state index contributed by atoms with van der Waals surface area (Å²) in [5.41, 5.74) is 0.702. The van der Waals surface area contributed by atoms with Gasteiger partial charge in [0.1, 0.15) is 18.4 Å². The maximum atomic E-state index is 13.3. The zero-order chi connectivity index (χ0) is 17.1. The van der Waals surface area contributed by atoms with Crippen molar-refractivity contribution in [2.75, 3.05) is 13.1 Å². The van der Waals surface area contributed by atoms with Crippen molar-refractivity contribution in [3.63, 3.8) is 0 Å². The van der Waals surface area contributed by atoms with Crippen LogP contribution in [-0.4, -0.2) is 40.7 Å². The molecule has 0 N–H and O–H groups in total. The van der Waals surface area contributed by atoms with E-state index in [0.717, 1.165) is 38.5 Å². The minimum absolute atomic E-state index is 0.00396. The van der Waals surface area contributed by atoms with E-state index in [9.17, 15) is 14.0 Å². The summed E-state index contributed by atoms with van der Waals surface area (Å²) in [5, 5.41) is 0. The molecule has 130 valence electrons. The Labute approximate surface area is 142 Å². The SMILES string of the molecule is CCCCN1C(=O)CN(C2CCCC2)C(=O)C1c1ccc(F)cc1. The van der Waals surface area contributed by atoms with Crippen molar-refractivity contribution in [2.24, 2.45) is 0 Å². The summed E-state index contributed by atoms with van der Waals surface area (Å²) in [6, 6.07) is 5.54. The minimum atomic E-state index is -0.612. The molecule has 1 aromatic carbocycles. The Morgan fingerprint density at radius 2 is 1.79 bits per heavy atom. The lowest BCUT2D eigenvalue weighted by atomic mass is 9.98. The summed E-state index contributed by atoms with van der Waals surface area (Å²) >= 11 is 0. The molecule has 1 aliphatic heterocycles. The highest BCUT2D eigenvalue weighted by molar-refractivity contribution is 5.95. The largest absolute Gasteiger partial charge is 0.328 e. The molecule has 1 heterocycles. The summed E-state index contributed by atoms with van der Waals surface area (Å²) in [6.07, 6.45) is 6.00. The average Bonchev–Trinajstić information content (AvgIpc) is 3.10. The number of halogens is 1. The zero-order valence-electron chi connectivity index (χ0n) is 14.2. The fourth-order valence-corrected chi connectivity index (χ4v) is 3.82. The molecule has 1 atom stereocenters. The highest BCUT2D eigenvalue weighted by Crippen LogP contribution is 2.33. The summed E-state index contributed by atoms with van der Waals surface area (Å²) in [7, 11) is 0. The lowest BCUT2D eigenvalue weighted by Gasteiger charge is -2.43. The molecule has 3 rings (SSSR count). The number of unbranched alkanes of at least 4 members (excludes halogenated alkanes) is 1. The van der Waals surface area contributed by atoms with Crippen LogP contribution in [0.15, 0.2) is 24.3 Å². The van der Waals surface area contributed by atoms with Gasteiger partial charge >= 0.3 is 0 Å². The predicted molar refractivity (Wildman–Crippen MR) is 89.7 cm³/mol. The van der Waals surface area contributed by atoms with Gasteiger partial charge < -0.3 is 9.80 Å². The van der Waals surface area contributed by atoms with Gasteiger partial charge in [-0.3, -0.25) is 9.59 Å². The van der Waals surface area contributed by atoms with Gasteiger partial charge in [0.05, 0.1) is 0 Å². The van der Waals surface area contributed by atoms with Crippen molar-refractivity contribution in [3.8, 4) is 0 Å². The van der Waals surface area contributed by atoms with E-state index in [1.807, 2.05) is 0 Å². The molecule has 2 fully saturated rings. The molecule has 0 bridgehead atoms. The maximum absolute atomic E-state index is 13.3. The first-order valence-corrected chi connectivity index (χ1v) is 8.97. The van der Waals surface area contributed by atoms with Crippen LogP contribution in [-0.2, 0) is 9.59 Å². The number of carbonyl (C=O) groups excluding carboxylic acids is 2. The van der Waals surface area contributed by atoms with E-state index in [1.54, 1.807) is 21.9 Å². The van der Waals surface area contributed by atoms with Crippen molar-refractivity contribution >= 4 is 11.8 Å². The highest BCUT2D eigenvalue weighted by Gasteiger charge is 2.42. The van der Waals surface area contributed by atoms with E-state index in [1.165, 1.54) is 12.1 Å². The van der Waals surface area contributed by atoms with Crippen molar-refractivity contribution in [3.05, 3.63) is 35.6 Å². The number of hydrogen-bond donors (Lipinski definition) is 0. The van der Waals surface area contributed by atoms with Gasteiger partial charge in [-0.05, 0) is 37.0 Å². The Balaban J connectivity index is 1.91. The fraction of sp³-hybridized carbons (Fsp3) is 0.579. The lowest BCUT2D eigenvalue weighted by molar-refractivity contribution is -0.158. The van der Waals surface area contributed by atoms with E-state index < -0.39 is 6.04 Å². The zero-order valence-corrected chi connectivity index (χ0v) is 14.2. The van der Waals surface area contributed by atoms with Crippen LogP contribution in [0.1, 0.15) is 57.1 Å². The van der Waals surface area contributed by atoms with Gasteiger partial charge in [-0.15, -0.1) is 0 Å². The second-order valence-electron chi connectivity index (χ2n) is 6.80. The van der Waals surface area contributed by atoms with Crippen LogP contribution >= 0.6 is 0 Å². The quantitative estimate of drug-likeness (QED) is 0.830. The van der Waals surface area contributed by atoms with Crippen LogP contribution in [0.5, 0.6) is 0 Å². The van der Waals surface area contributed by atoms with Crippen LogP contribution in [0.2, 0.25) is 0 Å². The molecule has 2 aliphatic rings. The molecule has 1 unspecified atom stereocenters. The molecule has 1 saturated heterocycles. The topological polar surface area (TPSA) is 40.6 Å². The Kier molecular flexibility index (Phi) is 5.17. The molecule has 1 aromatic rings. The smallest absolute Gasteiger partial charge is 0.250 e. The van der Waals surface area contributed by atoms with Gasteiger partial charge in [-0.2, -0.15) is 0 Å². The number of amides is 2. The summed E-state index contributed by atoms with van der Waals surface area (Å²) in [6.45, 7) is 2.82. The van der Waals surface area contributed by atoms with Crippen LogP contribution in [0.25, 0.3) is 0 Å². The molecule has 0 radical (unpaired) electrons. The minimum Gasteiger partial charge on any atom is -0.328 e. The molecule has 4 nitrogen and oxygen atoms in total. The fourth-order valence-electron chi connectivity index (χ4n) is 3.82. The third-order valence-electron chi connectivity index (χ3n) is 5.16. The van der Waals surface area contributed by atoms with Gasteiger partial charge in [0, 0.05) is 12.6 Å². The molecule has 1 saturated carbocycles. The van der Waals surface area contributed by atoms with Crippen molar-refractivity contribution < 1.29 is 14.0 Å². The van der Waals surface area contributed by atoms with Gasteiger partial charge in [0.2, 0.25) is 5.91 Å². The van der Waals surface area contributed by atoms with E-state index in [4.69, 9.17) is 0 Å². The molecule has 2 amide bonds. The molecular formula is C19H25FN2O2. The number of hydrogen-bond acceptors (Lipinski definition) is 2. The van der Waals surface area contributed by atoms with Crippen molar-refractivity contribution in [2.45, 2.75) is 57.5 Å². The van der Waals surface area contributed by atoms with Gasteiger partial charge in [0.15, 0.2) is 0 Å². The standard InChI is InChI=1S/C19H25FN2O2/c1-2-3-12-21-17(23)13-22(16-6-4-5-7-16)19(24)18(21)14-8-10-15(20)11-9-14/h8-11,16,18H,2-7,12-13H2,1H3. The van der Waals surface area contributed by atoms with E-state index in [0.29, 0.717) is 12.1 Å². The third kappa shape index (κ3) is 3.30. The summed E-state index contributed by atoms with van der Waals surface area (Å²) in [4.78, 5) is 29.3. The van der Waals surface area contributed by atoms with Crippen LogP contribution in [0.3, 0.4) is 0 Å². The van der Waals surface area contributed by atoms with E-state index in [2.05, 4.69) is 6.92 Å². The van der Waals surface area contributed by atoms with E-state index in [-0.39, 0.29) is 30.2 Å². The van der Waals surface area contributed by atoms with Gasteiger partial charge in [-0.1, -0.05) is 38.3 Å². The monoisotopic (exact) mass is 332 g/mol. The molecule has 0 aromatic heterocycles. The predicted octanol–water partition coefficient (Wildman–Crippen LogP) is 3.28. The first-order valence-electron chi connectivity index (χ1n) is 8.97. The highest BCUT2D eigenvalue weighted by atomic mass is 19.1. The second-order valence-corrected chi connectivity index (χ2v) is 6.80. The molecule has 24 heavy (non-hydrogen) atoms. The average molecular weight is 332 g/mol. The van der Waals surface area contributed by atoms with Crippen molar-refractivity contribution in [1.29, 1.82) is 0 Å². The number of benzene rings is 1. The van der Waals surface area contributed by atoms with Crippen LogP contribution < -0.4 is 0 Å². The Hall–Kier alpha value is -1.91. The molecule has 1 aliphatic carbocycles. The first kappa shape index (κ1) is 16.9. The first-order chi connectivity index (χ1) is 11.6. The van der Waals surface area contributed by atoms with Gasteiger partial charge in [-0.25, -0.2) is 4.39 Å². The van der Waals surface area contributed by atoms with Gasteiger partial charge in [0.25, 0.3) is 5.91 Å². The van der Waals surface area contributed by atoms with Crippen molar-refractivity contribution in [1.82, 2.24) is 9.80 Å². The Morgan fingerprint density at radius 3 is 2.42 bits per heavy atom. The lowest BCUT2D eigenvalue weighted by Crippen LogP contribution is -2.58. The second kappa shape index (κ2) is 7.32. The Morgan fingerprint density at radius 1 is 1.12 bits per heavy atom. The normalized spacial score (nSPS) is 22.5. The number of piperazine rings is 1. The molecular weight excluding hydrogens is 307 g/mol. The van der Waals surface area contributed by atoms with E-state index >= 15 is 0 Å². The summed E-state index contributed by atoms with van der Waals surface area (Å²) in [5.74, 6) is -0.338. The molecule has 5 heteroatoms. The third-order valence-corrected chi connectivity index (χ3v) is 5.16. The van der Waals surface area contributed by atoms with Crippen LogP contribution in [0, 0.1) is 5.82 Å².